The first-order chi connectivity index (χ1) is 8.54. The van der Waals surface area contributed by atoms with Gasteiger partial charge in [-0.2, -0.15) is 0 Å². The van der Waals surface area contributed by atoms with Crippen LogP contribution in [-0.4, -0.2) is 23.4 Å². The zero-order valence-corrected chi connectivity index (χ0v) is 11.5. The molecule has 0 saturated carbocycles. The Balaban J connectivity index is 2.31. The van der Waals surface area contributed by atoms with Gasteiger partial charge in [0.05, 0.1) is 0 Å². The Labute approximate surface area is 109 Å². The molecule has 1 saturated heterocycles. The molecule has 0 spiro atoms. The fraction of sp³-hybridized carbons (Fsp3) is 0.533. The van der Waals surface area contributed by atoms with E-state index in [2.05, 4.69) is 6.92 Å². The lowest BCUT2D eigenvalue weighted by Crippen LogP contribution is -2.35. The topological polar surface area (TPSA) is 46.3 Å². The molecule has 0 bridgehead atoms. The van der Waals surface area contributed by atoms with Gasteiger partial charge in [-0.1, -0.05) is 13.0 Å². The van der Waals surface area contributed by atoms with Gasteiger partial charge in [0.25, 0.3) is 5.91 Å². The van der Waals surface area contributed by atoms with Crippen molar-refractivity contribution in [2.75, 3.05) is 12.3 Å². The van der Waals surface area contributed by atoms with Gasteiger partial charge < -0.3 is 10.6 Å². The molecule has 1 aliphatic heterocycles. The number of carbonyl (C=O) groups excluding carboxylic acids is 1. The summed E-state index contributed by atoms with van der Waals surface area (Å²) >= 11 is 0. The Hall–Kier alpha value is -1.51. The van der Waals surface area contributed by atoms with E-state index in [9.17, 15) is 4.79 Å². The number of carbonyl (C=O) groups is 1. The SMILES string of the molecule is CCC1CCCN1C(=O)c1cc(N)c(C)cc1C. The summed E-state index contributed by atoms with van der Waals surface area (Å²) in [4.78, 5) is 14.6. The van der Waals surface area contributed by atoms with Crippen LogP contribution in [0.5, 0.6) is 0 Å². The maximum absolute atomic E-state index is 12.6. The second-order valence-electron chi connectivity index (χ2n) is 5.23. The van der Waals surface area contributed by atoms with E-state index in [4.69, 9.17) is 5.73 Å². The van der Waals surface area contributed by atoms with Gasteiger partial charge in [-0.25, -0.2) is 0 Å². The number of aryl methyl sites for hydroxylation is 2. The molecule has 1 amide bonds. The Kier molecular flexibility index (Phi) is 3.60. The molecule has 0 aromatic heterocycles. The molecule has 1 heterocycles. The van der Waals surface area contributed by atoms with E-state index in [-0.39, 0.29) is 5.91 Å². The molecule has 18 heavy (non-hydrogen) atoms. The average molecular weight is 246 g/mol. The average Bonchev–Trinajstić information content (AvgIpc) is 2.81. The number of anilines is 1. The van der Waals surface area contributed by atoms with E-state index in [0.29, 0.717) is 11.7 Å². The van der Waals surface area contributed by atoms with E-state index in [1.165, 1.54) is 0 Å². The maximum Gasteiger partial charge on any atom is 0.254 e. The predicted molar refractivity (Wildman–Crippen MR) is 74.7 cm³/mol. The van der Waals surface area contributed by atoms with Crippen molar-refractivity contribution >= 4 is 11.6 Å². The first-order valence-corrected chi connectivity index (χ1v) is 6.72. The smallest absolute Gasteiger partial charge is 0.254 e. The van der Waals surface area contributed by atoms with Crippen LogP contribution in [0.2, 0.25) is 0 Å². The minimum Gasteiger partial charge on any atom is -0.398 e. The van der Waals surface area contributed by atoms with Crippen molar-refractivity contribution in [1.82, 2.24) is 4.90 Å². The number of hydrogen-bond acceptors (Lipinski definition) is 2. The number of rotatable bonds is 2. The first kappa shape index (κ1) is 12.9. The largest absolute Gasteiger partial charge is 0.398 e. The van der Waals surface area contributed by atoms with Crippen LogP contribution in [0.15, 0.2) is 12.1 Å². The van der Waals surface area contributed by atoms with E-state index in [0.717, 1.165) is 42.5 Å². The fourth-order valence-corrected chi connectivity index (χ4v) is 2.78. The Morgan fingerprint density at radius 1 is 1.39 bits per heavy atom. The second kappa shape index (κ2) is 5.01. The summed E-state index contributed by atoms with van der Waals surface area (Å²) in [5.41, 5.74) is 9.45. The molecule has 1 aromatic rings. The summed E-state index contributed by atoms with van der Waals surface area (Å²) in [6, 6.07) is 4.23. The lowest BCUT2D eigenvalue weighted by molar-refractivity contribution is 0.0733. The molecular weight excluding hydrogens is 224 g/mol. The Morgan fingerprint density at radius 2 is 2.11 bits per heavy atom. The molecule has 0 radical (unpaired) electrons. The van der Waals surface area contributed by atoms with Gasteiger partial charge in [0.1, 0.15) is 0 Å². The quantitative estimate of drug-likeness (QED) is 0.816. The van der Waals surface area contributed by atoms with E-state index in [1.54, 1.807) is 0 Å². The lowest BCUT2D eigenvalue weighted by Gasteiger charge is -2.24. The van der Waals surface area contributed by atoms with Gasteiger partial charge in [0, 0.05) is 23.8 Å². The molecule has 3 heteroatoms. The minimum absolute atomic E-state index is 0.142. The summed E-state index contributed by atoms with van der Waals surface area (Å²) in [7, 11) is 0. The number of likely N-dealkylation sites (tertiary alicyclic amines) is 1. The molecule has 2 rings (SSSR count). The molecular formula is C15H22N2O. The van der Waals surface area contributed by atoms with Crippen LogP contribution in [0.3, 0.4) is 0 Å². The van der Waals surface area contributed by atoms with E-state index >= 15 is 0 Å². The minimum atomic E-state index is 0.142. The number of nitrogens with two attached hydrogens (primary N) is 1. The predicted octanol–water partition coefficient (Wildman–Crippen LogP) is 2.90. The first-order valence-electron chi connectivity index (χ1n) is 6.72. The molecule has 1 unspecified atom stereocenters. The van der Waals surface area contributed by atoms with Crippen molar-refractivity contribution in [2.45, 2.75) is 46.1 Å². The number of nitrogens with zero attached hydrogens (tertiary/aromatic N) is 1. The third kappa shape index (κ3) is 2.22. The summed E-state index contributed by atoms with van der Waals surface area (Å²) in [6.45, 7) is 6.98. The van der Waals surface area contributed by atoms with E-state index < -0.39 is 0 Å². The Bertz CT molecular complexity index is 468. The van der Waals surface area contributed by atoms with Gasteiger partial charge in [-0.15, -0.1) is 0 Å². The molecule has 1 aromatic carbocycles. The Morgan fingerprint density at radius 3 is 2.78 bits per heavy atom. The maximum atomic E-state index is 12.6. The summed E-state index contributed by atoms with van der Waals surface area (Å²) in [6.07, 6.45) is 3.28. The van der Waals surface area contributed by atoms with E-state index in [1.807, 2.05) is 30.9 Å². The van der Waals surface area contributed by atoms with Gasteiger partial charge in [-0.3, -0.25) is 4.79 Å². The van der Waals surface area contributed by atoms with Crippen molar-refractivity contribution < 1.29 is 4.79 Å². The lowest BCUT2D eigenvalue weighted by atomic mass is 10.0. The highest BCUT2D eigenvalue weighted by Crippen LogP contribution is 2.25. The number of hydrogen-bond donors (Lipinski definition) is 1. The molecule has 1 atom stereocenters. The highest BCUT2D eigenvalue weighted by Gasteiger charge is 2.28. The van der Waals surface area contributed by atoms with Crippen LogP contribution < -0.4 is 5.73 Å². The number of benzene rings is 1. The summed E-state index contributed by atoms with van der Waals surface area (Å²) in [5.74, 6) is 0.142. The summed E-state index contributed by atoms with van der Waals surface area (Å²) < 4.78 is 0. The van der Waals surface area contributed by atoms with Gasteiger partial charge in [0.2, 0.25) is 0 Å². The standard InChI is InChI=1S/C15H22N2O/c1-4-12-6-5-7-17(12)15(18)13-9-14(16)11(3)8-10(13)2/h8-9,12H,4-7,16H2,1-3H3. The molecule has 2 N–H and O–H groups in total. The highest BCUT2D eigenvalue weighted by molar-refractivity contribution is 5.97. The highest BCUT2D eigenvalue weighted by atomic mass is 16.2. The third-order valence-corrected chi connectivity index (χ3v) is 3.95. The fourth-order valence-electron chi connectivity index (χ4n) is 2.78. The van der Waals surface area contributed by atoms with Gasteiger partial charge in [-0.05, 0) is 50.3 Å². The normalized spacial score (nSPS) is 19.3. The molecule has 1 fully saturated rings. The van der Waals surface area contributed by atoms with Gasteiger partial charge in [0.15, 0.2) is 0 Å². The van der Waals surface area contributed by atoms with Crippen molar-refractivity contribution in [2.24, 2.45) is 0 Å². The van der Waals surface area contributed by atoms with Crippen LogP contribution >= 0.6 is 0 Å². The molecule has 3 nitrogen and oxygen atoms in total. The number of nitrogen functional groups attached to an aromatic ring is 1. The zero-order valence-electron chi connectivity index (χ0n) is 11.5. The molecule has 0 aliphatic carbocycles. The van der Waals surface area contributed by atoms with Crippen molar-refractivity contribution in [3.63, 3.8) is 0 Å². The van der Waals surface area contributed by atoms with Gasteiger partial charge >= 0.3 is 0 Å². The monoisotopic (exact) mass is 246 g/mol. The van der Waals surface area contributed by atoms with Crippen molar-refractivity contribution in [3.05, 3.63) is 28.8 Å². The van der Waals surface area contributed by atoms with Crippen LogP contribution in [0, 0.1) is 13.8 Å². The van der Waals surface area contributed by atoms with Crippen LogP contribution in [0.1, 0.15) is 47.7 Å². The molecule has 98 valence electrons. The second-order valence-corrected chi connectivity index (χ2v) is 5.23. The van der Waals surface area contributed by atoms with Crippen molar-refractivity contribution in [3.8, 4) is 0 Å². The van der Waals surface area contributed by atoms with Crippen LogP contribution in [0.25, 0.3) is 0 Å². The third-order valence-electron chi connectivity index (χ3n) is 3.95. The zero-order chi connectivity index (χ0) is 13.3. The number of amides is 1. The summed E-state index contributed by atoms with van der Waals surface area (Å²) in [5, 5.41) is 0. The van der Waals surface area contributed by atoms with Crippen LogP contribution in [-0.2, 0) is 0 Å². The molecule has 1 aliphatic rings. The van der Waals surface area contributed by atoms with Crippen LogP contribution in [0.4, 0.5) is 5.69 Å². The van der Waals surface area contributed by atoms with Crippen molar-refractivity contribution in [1.29, 1.82) is 0 Å².